The molecule has 0 aliphatic heterocycles. The van der Waals surface area contributed by atoms with Gasteiger partial charge in [-0.05, 0) is 42.9 Å². The van der Waals surface area contributed by atoms with Crippen LogP contribution in [0.4, 0.5) is 0 Å². The van der Waals surface area contributed by atoms with Gasteiger partial charge < -0.3 is 11.5 Å². The van der Waals surface area contributed by atoms with Gasteiger partial charge >= 0.3 is 0 Å². The highest BCUT2D eigenvalue weighted by Gasteiger charge is 2.58. The molecule has 0 saturated heterocycles. The van der Waals surface area contributed by atoms with Gasteiger partial charge in [-0.1, -0.05) is 40.5 Å². The summed E-state index contributed by atoms with van der Waals surface area (Å²) in [6.45, 7) is 9.15. The van der Waals surface area contributed by atoms with Crippen LogP contribution in [-0.4, -0.2) is 11.1 Å². The monoisotopic (exact) mass is 238 g/mol. The van der Waals surface area contributed by atoms with Crippen LogP contribution in [0.5, 0.6) is 0 Å². The first-order valence-corrected chi connectivity index (χ1v) is 7.27. The summed E-state index contributed by atoms with van der Waals surface area (Å²) in [7, 11) is 0. The predicted octanol–water partition coefficient (Wildman–Crippen LogP) is 3.05. The molecule has 4 N–H and O–H groups in total. The second-order valence-electron chi connectivity index (χ2n) is 7.77. The van der Waals surface area contributed by atoms with Crippen LogP contribution in [0.15, 0.2) is 0 Å². The van der Waals surface area contributed by atoms with Crippen LogP contribution in [0.1, 0.15) is 66.2 Å². The zero-order valence-corrected chi connectivity index (χ0v) is 12.1. The summed E-state index contributed by atoms with van der Waals surface area (Å²) in [5, 5.41) is 0. The molecule has 2 fully saturated rings. The lowest BCUT2D eigenvalue weighted by molar-refractivity contribution is 0.231. The highest BCUT2D eigenvalue weighted by atomic mass is 14.9. The van der Waals surface area contributed by atoms with E-state index in [0.29, 0.717) is 11.8 Å². The van der Waals surface area contributed by atoms with Crippen LogP contribution >= 0.6 is 0 Å². The molecule has 2 aliphatic rings. The minimum absolute atomic E-state index is 0.0657. The van der Waals surface area contributed by atoms with Crippen LogP contribution in [0.25, 0.3) is 0 Å². The molecule has 2 saturated carbocycles. The molecule has 0 amide bonds. The average Bonchev–Trinajstić information content (AvgIpc) is 2.68. The van der Waals surface area contributed by atoms with Gasteiger partial charge in [0.1, 0.15) is 0 Å². The fourth-order valence-electron chi connectivity index (χ4n) is 3.75. The van der Waals surface area contributed by atoms with Crippen molar-refractivity contribution < 1.29 is 0 Å². The highest BCUT2D eigenvalue weighted by molar-refractivity contribution is 5.15. The van der Waals surface area contributed by atoms with Gasteiger partial charge in [-0.3, -0.25) is 0 Å². The summed E-state index contributed by atoms with van der Waals surface area (Å²) in [6, 6.07) is 0. The van der Waals surface area contributed by atoms with Crippen LogP contribution < -0.4 is 11.5 Å². The maximum Gasteiger partial charge on any atom is 0.0236 e. The van der Waals surface area contributed by atoms with Gasteiger partial charge in [-0.15, -0.1) is 0 Å². The van der Waals surface area contributed by atoms with Gasteiger partial charge in [0.15, 0.2) is 0 Å². The van der Waals surface area contributed by atoms with E-state index in [1.54, 1.807) is 0 Å². The van der Waals surface area contributed by atoms with E-state index < -0.39 is 0 Å². The molecule has 2 heteroatoms. The number of rotatable bonds is 3. The Morgan fingerprint density at radius 3 is 2.12 bits per heavy atom. The van der Waals surface area contributed by atoms with Crippen molar-refractivity contribution in [1.29, 1.82) is 0 Å². The molecule has 2 rings (SSSR count). The Morgan fingerprint density at radius 2 is 1.71 bits per heavy atom. The molecule has 0 bridgehead atoms. The maximum atomic E-state index is 6.54. The highest BCUT2D eigenvalue weighted by Crippen LogP contribution is 2.56. The summed E-state index contributed by atoms with van der Waals surface area (Å²) < 4.78 is 0. The maximum absolute atomic E-state index is 6.54. The van der Waals surface area contributed by atoms with Gasteiger partial charge in [0.25, 0.3) is 0 Å². The molecular formula is C15H30N2. The SMILES string of the molecule is CC(CC1CC1(N)C(C)(C)C)C1(N)CCCC1. The molecule has 2 aliphatic carbocycles. The Labute approximate surface area is 107 Å². The van der Waals surface area contributed by atoms with E-state index in [1.165, 1.54) is 38.5 Å². The Morgan fingerprint density at radius 1 is 1.18 bits per heavy atom. The summed E-state index contributed by atoms with van der Waals surface area (Å²) in [5.74, 6) is 1.32. The molecule has 3 atom stereocenters. The molecule has 0 aromatic rings. The van der Waals surface area contributed by atoms with Gasteiger partial charge in [0, 0.05) is 11.1 Å². The van der Waals surface area contributed by atoms with E-state index in [4.69, 9.17) is 11.5 Å². The quantitative estimate of drug-likeness (QED) is 0.794. The smallest absolute Gasteiger partial charge is 0.0236 e. The molecule has 3 unspecified atom stereocenters. The Kier molecular flexibility index (Phi) is 3.11. The second-order valence-corrected chi connectivity index (χ2v) is 7.77. The topological polar surface area (TPSA) is 52.0 Å². The second kappa shape index (κ2) is 3.96. The minimum atomic E-state index is 0.0657. The first-order valence-electron chi connectivity index (χ1n) is 7.27. The zero-order valence-electron chi connectivity index (χ0n) is 12.1. The van der Waals surface area contributed by atoms with Crippen LogP contribution in [-0.2, 0) is 0 Å². The van der Waals surface area contributed by atoms with E-state index in [0.717, 1.165) is 0 Å². The molecule has 0 heterocycles. The van der Waals surface area contributed by atoms with E-state index >= 15 is 0 Å². The number of nitrogens with two attached hydrogens (primary N) is 2. The third-order valence-corrected chi connectivity index (χ3v) is 5.70. The summed E-state index contributed by atoms with van der Waals surface area (Å²) in [6.07, 6.45) is 7.49. The van der Waals surface area contributed by atoms with Crippen molar-refractivity contribution >= 4 is 0 Å². The molecule has 0 spiro atoms. The Balaban J connectivity index is 1.92. The molecule has 2 nitrogen and oxygen atoms in total. The van der Waals surface area contributed by atoms with Crippen LogP contribution in [0.2, 0.25) is 0 Å². The van der Waals surface area contributed by atoms with Gasteiger partial charge in [0.2, 0.25) is 0 Å². The summed E-state index contributed by atoms with van der Waals surface area (Å²) in [5.41, 5.74) is 13.5. The van der Waals surface area contributed by atoms with Crippen molar-refractivity contribution in [2.24, 2.45) is 28.7 Å². The molecule has 17 heavy (non-hydrogen) atoms. The van der Waals surface area contributed by atoms with E-state index in [9.17, 15) is 0 Å². The molecule has 0 aromatic heterocycles. The number of hydrogen-bond acceptors (Lipinski definition) is 2. The van der Waals surface area contributed by atoms with E-state index in [2.05, 4.69) is 27.7 Å². The minimum Gasteiger partial charge on any atom is -0.325 e. The molecule has 0 radical (unpaired) electrons. The van der Waals surface area contributed by atoms with Crippen molar-refractivity contribution in [2.75, 3.05) is 0 Å². The van der Waals surface area contributed by atoms with Crippen molar-refractivity contribution in [1.82, 2.24) is 0 Å². The van der Waals surface area contributed by atoms with E-state index in [-0.39, 0.29) is 16.5 Å². The lowest BCUT2D eigenvalue weighted by Crippen LogP contribution is -2.45. The molecule has 0 aromatic carbocycles. The first kappa shape index (κ1) is 13.4. The predicted molar refractivity (Wildman–Crippen MR) is 73.6 cm³/mol. The van der Waals surface area contributed by atoms with Gasteiger partial charge in [0.05, 0.1) is 0 Å². The third-order valence-electron chi connectivity index (χ3n) is 5.70. The van der Waals surface area contributed by atoms with Crippen molar-refractivity contribution in [3.63, 3.8) is 0 Å². The number of hydrogen-bond donors (Lipinski definition) is 2. The Hall–Kier alpha value is -0.0800. The summed E-state index contributed by atoms with van der Waals surface area (Å²) in [4.78, 5) is 0. The van der Waals surface area contributed by atoms with Crippen molar-refractivity contribution in [3.8, 4) is 0 Å². The van der Waals surface area contributed by atoms with Gasteiger partial charge in [-0.25, -0.2) is 0 Å². The standard InChI is InChI=1S/C15H30N2/c1-11(14(16)7-5-6-8-14)9-12-10-15(12,17)13(2,3)4/h11-12H,5-10,16-17H2,1-4H3. The fraction of sp³-hybridized carbons (Fsp3) is 1.00. The normalized spacial score (nSPS) is 38.1. The van der Waals surface area contributed by atoms with E-state index in [1.807, 2.05) is 0 Å². The van der Waals surface area contributed by atoms with Crippen molar-refractivity contribution in [3.05, 3.63) is 0 Å². The third kappa shape index (κ3) is 2.26. The van der Waals surface area contributed by atoms with Crippen LogP contribution in [0, 0.1) is 17.3 Å². The van der Waals surface area contributed by atoms with Gasteiger partial charge in [-0.2, -0.15) is 0 Å². The van der Waals surface area contributed by atoms with Crippen molar-refractivity contribution in [2.45, 2.75) is 77.3 Å². The lowest BCUT2D eigenvalue weighted by atomic mass is 9.77. The fourth-order valence-corrected chi connectivity index (χ4v) is 3.75. The summed E-state index contributed by atoms with van der Waals surface area (Å²) >= 11 is 0. The average molecular weight is 238 g/mol. The molecule has 100 valence electrons. The zero-order chi connectivity index (χ0) is 12.9. The largest absolute Gasteiger partial charge is 0.325 e. The van der Waals surface area contributed by atoms with Crippen LogP contribution in [0.3, 0.4) is 0 Å². The lowest BCUT2D eigenvalue weighted by Gasteiger charge is -2.34. The molecular weight excluding hydrogens is 208 g/mol. The first-order chi connectivity index (χ1) is 7.69. The Bertz CT molecular complexity index is 286.